The van der Waals surface area contributed by atoms with Gasteiger partial charge in [-0.25, -0.2) is 0 Å². The topological polar surface area (TPSA) is 12.0 Å². The van der Waals surface area contributed by atoms with Crippen molar-refractivity contribution in [2.24, 2.45) is 17.8 Å². The number of rotatable bonds is 3. The molecule has 1 N–H and O–H groups in total. The van der Waals surface area contributed by atoms with E-state index in [2.05, 4.69) is 12.2 Å². The van der Waals surface area contributed by atoms with Gasteiger partial charge in [-0.05, 0) is 30.8 Å². The van der Waals surface area contributed by atoms with Gasteiger partial charge >= 0.3 is 0 Å². The van der Waals surface area contributed by atoms with Crippen molar-refractivity contribution in [2.75, 3.05) is 13.1 Å². The molecule has 1 heteroatoms. The van der Waals surface area contributed by atoms with Crippen molar-refractivity contribution < 1.29 is 0 Å². The van der Waals surface area contributed by atoms with Crippen LogP contribution in [0.15, 0.2) is 0 Å². The summed E-state index contributed by atoms with van der Waals surface area (Å²) in [5, 5.41) is 3.42. The minimum absolute atomic E-state index is 1.02. The molecule has 0 radical (unpaired) electrons. The predicted molar refractivity (Wildman–Crippen MR) is 56.7 cm³/mol. The molecule has 0 spiro atoms. The fourth-order valence-corrected chi connectivity index (χ4v) is 3.23. The molecule has 1 aliphatic carbocycles. The first-order valence-corrected chi connectivity index (χ1v) is 6.12. The van der Waals surface area contributed by atoms with Crippen LogP contribution in [-0.4, -0.2) is 13.1 Å². The van der Waals surface area contributed by atoms with Gasteiger partial charge in [-0.2, -0.15) is 0 Å². The van der Waals surface area contributed by atoms with Crippen molar-refractivity contribution in [2.45, 2.75) is 45.4 Å². The molecule has 1 saturated carbocycles. The highest BCUT2D eigenvalue weighted by molar-refractivity contribution is 4.86. The van der Waals surface area contributed by atoms with Crippen LogP contribution in [0, 0.1) is 17.8 Å². The van der Waals surface area contributed by atoms with E-state index in [9.17, 15) is 0 Å². The van der Waals surface area contributed by atoms with Crippen LogP contribution in [0.1, 0.15) is 45.4 Å². The van der Waals surface area contributed by atoms with E-state index in [0.717, 1.165) is 17.8 Å². The fraction of sp³-hybridized carbons (Fsp3) is 1.00. The van der Waals surface area contributed by atoms with E-state index in [0.29, 0.717) is 0 Å². The SMILES string of the molecule is CCC(C1CCCCC1)C1CNC1. The first-order chi connectivity index (χ1) is 6.42. The maximum atomic E-state index is 3.42. The Morgan fingerprint density at radius 1 is 1.08 bits per heavy atom. The van der Waals surface area contributed by atoms with Gasteiger partial charge in [0.15, 0.2) is 0 Å². The Kier molecular flexibility index (Phi) is 3.26. The lowest BCUT2D eigenvalue weighted by Crippen LogP contribution is -2.48. The maximum Gasteiger partial charge on any atom is -0.000549 e. The Morgan fingerprint density at radius 2 is 1.77 bits per heavy atom. The zero-order valence-electron chi connectivity index (χ0n) is 8.89. The second-order valence-electron chi connectivity index (χ2n) is 4.89. The van der Waals surface area contributed by atoms with Gasteiger partial charge < -0.3 is 5.32 Å². The van der Waals surface area contributed by atoms with Crippen molar-refractivity contribution in [3.8, 4) is 0 Å². The second-order valence-corrected chi connectivity index (χ2v) is 4.89. The molecule has 2 rings (SSSR count). The van der Waals surface area contributed by atoms with Crippen molar-refractivity contribution in [1.82, 2.24) is 5.32 Å². The van der Waals surface area contributed by atoms with E-state index in [4.69, 9.17) is 0 Å². The van der Waals surface area contributed by atoms with E-state index in [1.54, 1.807) is 0 Å². The molecule has 2 aliphatic rings. The Morgan fingerprint density at radius 3 is 2.23 bits per heavy atom. The standard InChI is InChI=1S/C12H23N/c1-2-12(11-8-13-9-11)10-6-4-3-5-7-10/h10-13H,2-9H2,1H3. The molecule has 0 aromatic carbocycles. The van der Waals surface area contributed by atoms with E-state index < -0.39 is 0 Å². The van der Waals surface area contributed by atoms with Gasteiger partial charge in [0, 0.05) is 0 Å². The average molecular weight is 181 g/mol. The summed E-state index contributed by atoms with van der Waals surface area (Å²) in [4.78, 5) is 0. The monoisotopic (exact) mass is 181 g/mol. The Labute approximate surface area is 82.3 Å². The van der Waals surface area contributed by atoms with Gasteiger partial charge in [-0.3, -0.25) is 0 Å². The van der Waals surface area contributed by atoms with Crippen molar-refractivity contribution in [1.29, 1.82) is 0 Å². The molecule has 13 heavy (non-hydrogen) atoms. The summed E-state index contributed by atoms with van der Waals surface area (Å²) in [5.41, 5.74) is 0. The lowest BCUT2D eigenvalue weighted by molar-refractivity contribution is 0.130. The Balaban J connectivity index is 1.86. The van der Waals surface area contributed by atoms with Crippen molar-refractivity contribution in [3.63, 3.8) is 0 Å². The lowest BCUT2D eigenvalue weighted by atomic mass is 9.71. The summed E-state index contributed by atoms with van der Waals surface area (Å²) >= 11 is 0. The largest absolute Gasteiger partial charge is 0.316 e. The van der Waals surface area contributed by atoms with Crippen molar-refractivity contribution >= 4 is 0 Å². The molecule has 1 nitrogen and oxygen atoms in total. The van der Waals surface area contributed by atoms with Crippen LogP contribution in [0.5, 0.6) is 0 Å². The number of hydrogen-bond acceptors (Lipinski definition) is 1. The summed E-state index contributed by atoms with van der Waals surface area (Å²) in [6, 6.07) is 0. The minimum atomic E-state index is 1.02. The van der Waals surface area contributed by atoms with Crippen molar-refractivity contribution in [3.05, 3.63) is 0 Å². The van der Waals surface area contributed by atoms with E-state index >= 15 is 0 Å². The summed E-state index contributed by atoms with van der Waals surface area (Å²) in [6.07, 6.45) is 8.96. The molecule has 1 saturated heterocycles. The van der Waals surface area contributed by atoms with Gasteiger partial charge in [0.2, 0.25) is 0 Å². The molecule has 0 amide bonds. The quantitative estimate of drug-likeness (QED) is 0.706. The molecule has 1 atom stereocenters. The second kappa shape index (κ2) is 4.45. The van der Waals surface area contributed by atoms with E-state index in [1.165, 1.54) is 51.6 Å². The van der Waals surface area contributed by atoms with Crippen LogP contribution in [-0.2, 0) is 0 Å². The summed E-state index contributed by atoms with van der Waals surface area (Å²) in [5.74, 6) is 3.14. The van der Waals surface area contributed by atoms with E-state index in [-0.39, 0.29) is 0 Å². The molecular formula is C12H23N. The summed E-state index contributed by atoms with van der Waals surface area (Å²) in [7, 11) is 0. The van der Waals surface area contributed by atoms with Gasteiger partial charge in [0.25, 0.3) is 0 Å². The number of hydrogen-bond donors (Lipinski definition) is 1. The molecular weight excluding hydrogens is 158 g/mol. The first-order valence-electron chi connectivity index (χ1n) is 6.12. The van der Waals surface area contributed by atoms with Gasteiger partial charge in [0.05, 0.1) is 0 Å². The van der Waals surface area contributed by atoms with Crippen LogP contribution in [0.25, 0.3) is 0 Å². The van der Waals surface area contributed by atoms with E-state index in [1.807, 2.05) is 0 Å². The molecule has 1 unspecified atom stereocenters. The first kappa shape index (κ1) is 9.51. The molecule has 76 valence electrons. The highest BCUT2D eigenvalue weighted by Gasteiger charge is 2.32. The maximum absolute atomic E-state index is 3.42. The number of nitrogens with one attached hydrogen (secondary N) is 1. The van der Waals surface area contributed by atoms with Gasteiger partial charge in [-0.1, -0.05) is 45.4 Å². The highest BCUT2D eigenvalue weighted by Crippen LogP contribution is 2.36. The minimum Gasteiger partial charge on any atom is -0.316 e. The Bertz CT molecular complexity index is 145. The zero-order valence-corrected chi connectivity index (χ0v) is 8.89. The summed E-state index contributed by atoms with van der Waals surface area (Å²) in [6.45, 7) is 4.99. The van der Waals surface area contributed by atoms with Crippen LogP contribution in [0.3, 0.4) is 0 Å². The third-order valence-corrected chi connectivity index (χ3v) is 4.15. The van der Waals surface area contributed by atoms with Crippen LogP contribution < -0.4 is 5.32 Å². The predicted octanol–water partition coefficient (Wildman–Crippen LogP) is 2.81. The third-order valence-electron chi connectivity index (χ3n) is 4.15. The lowest BCUT2D eigenvalue weighted by Gasteiger charge is -2.40. The average Bonchev–Trinajstić information content (AvgIpc) is 2.12. The summed E-state index contributed by atoms with van der Waals surface area (Å²) < 4.78 is 0. The van der Waals surface area contributed by atoms with Gasteiger partial charge in [0.1, 0.15) is 0 Å². The highest BCUT2D eigenvalue weighted by atomic mass is 15.0. The molecule has 0 aromatic heterocycles. The molecule has 1 aliphatic heterocycles. The van der Waals surface area contributed by atoms with Crippen LogP contribution >= 0.6 is 0 Å². The van der Waals surface area contributed by atoms with Gasteiger partial charge in [-0.15, -0.1) is 0 Å². The molecule has 0 bridgehead atoms. The Hall–Kier alpha value is -0.0400. The smallest absolute Gasteiger partial charge is 0.000549 e. The zero-order chi connectivity index (χ0) is 9.10. The third kappa shape index (κ3) is 2.07. The molecule has 0 aromatic rings. The molecule has 2 fully saturated rings. The normalized spacial score (nSPS) is 28.4. The molecule has 1 heterocycles. The van der Waals surface area contributed by atoms with Crippen LogP contribution in [0.4, 0.5) is 0 Å². The van der Waals surface area contributed by atoms with Crippen LogP contribution in [0.2, 0.25) is 0 Å². The fourth-order valence-electron chi connectivity index (χ4n) is 3.23.